The predicted molar refractivity (Wildman–Crippen MR) is 19.1 cm³/mol. The van der Waals surface area contributed by atoms with Crippen LogP contribution in [-0.2, 0) is 9.63 Å². The lowest BCUT2D eigenvalue weighted by Gasteiger charge is -1.86. The summed E-state index contributed by atoms with van der Waals surface area (Å²) in [7, 11) is 0. The van der Waals surface area contributed by atoms with Crippen molar-refractivity contribution in [2.75, 3.05) is 6.67 Å². The Balaban J connectivity index is 3.40. The van der Waals surface area contributed by atoms with Gasteiger partial charge in [0, 0.05) is 0 Å². The van der Waals surface area contributed by atoms with Crippen LogP contribution in [0.15, 0.2) is 0 Å². The molecule has 0 N–H and O–H groups in total. The highest BCUT2D eigenvalue weighted by Crippen LogP contribution is 1.77. The van der Waals surface area contributed by atoms with Crippen LogP contribution in [0.5, 0.6) is 0 Å². The lowest BCUT2D eigenvalue weighted by molar-refractivity contribution is -0.729. The lowest BCUT2D eigenvalue weighted by atomic mass is 10.8. The van der Waals surface area contributed by atoms with E-state index in [-0.39, 0.29) is 0 Å². The summed E-state index contributed by atoms with van der Waals surface area (Å²) in [6.45, 7) is -1.47. The summed E-state index contributed by atoms with van der Waals surface area (Å²) < 4.78 is 11.0. The molecule has 0 unspecified atom stereocenters. The topological polar surface area (TPSA) is 69.4 Å². The molecule has 0 radical (unpaired) electrons. The molecule has 0 aliphatic rings. The molecule has 0 aliphatic heterocycles. The zero-order valence-corrected chi connectivity index (χ0v) is 3.67. The molecule has 0 atom stereocenters. The smallest absolute Gasteiger partial charge is 0.265 e. The summed E-state index contributed by atoms with van der Waals surface area (Å²) in [5.74, 6) is -1.49. The minimum absolute atomic E-state index is 1.36. The fourth-order valence-electron chi connectivity index (χ4n) is 0.108. The Morgan fingerprint density at radius 1 is 1.88 bits per heavy atom. The van der Waals surface area contributed by atoms with Crippen molar-refractivity contribution in [3.05, 3.63) is 10.1 Å². The normalized spacial score (nSPS) is 8.12. The van der Waals surface area contributed by atoms with E-state index in [1.165, 1.54) is 0 Å². The molecular weight excluding hydrogens is 121 g/mol. The molecule has 0 heterocycles. The molecule has 0 aromatic carbocycles. The molecule has 0 rings (SSSR count). The van der Waals surface area contributed by atoms with Gasteiger partial charge in [0.05, 0.1) is 0 Å². The van der Waals surface area contributed by atoms with E-state index in [0.29, 0.717) is 0 Å². The first-order valence-electron chi connectivity index (χ1n) is 1.58. The number of carbonyl (C=O) groups excluding carboxylic acids is 1. The van der Waals surface area contributed by atoms with Gasteiger partial charge in [-0.2, -0.15) is 0 Å². The minimum atomic E-state index is -1.49. The van der Waals surface area contributed by atoms with Gasteiger partial charge in [-0.15, -0.1) is 10.1 Å². The van der Waals surface area contributed by atoms with Crippen LogP contribution in [-0.4, -0.2) is 17.7 Å². The van der Waals surface area contributed by atoms with Gasteiger partial charge in [-0.25, -0.2) is 9.23 Å². The first-order chi connectivity index (χ1) is 3.66. The minimum Gasteiger partial charge on any atom is -0.265 e. The molecule has 46 valence electrons. The van der Waals surface area contributed by atoms with Gasteiger partial charge in [-0.1, -0.05) is 0 Å². The first-order valence-corrected chi connectivity index (χ1v) is 1.58. The van der Waals surface area contributed by atoms with Crippen LogP contribution >= 0.6 is 0 Å². The molecule has 0 saturated carbocycles. The Morgan fingerprint density at radius 3 is 2.50 bits per heavy atom. The maximum Gasteiger partial charge on any atom is 0.334 e. The SMILES string of the molecule is O=C(CF)O[N+](=O)[O-]. The monoisotopic (exact) mass is 123 g/mol. The quantitative estimate of drug-likeness (QED) is 0.373. The third-order valence-corrected chi connectivity index (χ3v) is 0.285. The van der Waals surface area contributed by atoms with Crippen molar-refractivity contribution >= 4 is 5.97 Å². The van der Waals surface area contributed by atoms with E-state index in [1.807, 2.05) is 0 Å². The zero-order chi connectivity index (χ0) is 6.57. The molecule has 0 aliphatic carbocycles. The second-order valence-corrected chi connectivity index (χ2v) is 0.821. The highest BCUT2D eigenvalue weighted by molar-refractivity contribution is 5.69. The lowest BCUT2D eigenvalue weighted by Crippen LogP contribution is -2.11. The van der Waals surface area contributed by atoms with Crippen molar-refractivity contribution in [1.82, 2.24) is 0 Å². The first kappa shape index (κ1) is 6.80. The number of halogens is 1. The van der Waals surface area contributed by atoms with E-state index in [2.05, 4.69) is 4.84 Å². The number of alkyl halides is 1. The van der Waals surface area contributed by atoms with Crippen molar-refractivity contribution in [2.24, 2.45) is 0 Å². The van der Waals surface area contributed by atoms with E-state index in [1.54, 1.807) is 0 Å². The summed E-state index contributed by atoms with van der Waals surface area (Å²) in [5.41, 5.74) is 0. The Bertz CT molecular complexity index is 113. The van der Waals surface area contributed by atoms with E-state index < -0.39 is 17.7 Å². The molecule has 0 amide bonds. The summed E-state index contributed by atoms with van der Waals surface area (Å²) in [5, 5.41) is 7.81. The number of rotatable bonds is 2. The fraction of sp³-hybridized carbons (Fsp3) is 0.500. The van der Waals surface area contributed by atoms with Crippen molar-refractivity contribution in [1.29, 1.82) is 0 Å². The predicted octanol–water partition coefficient (Wildman–Crippen LogP) is -0.309. The fourth-order valence-corrected chi connectivity index (χ4v) is 0.108. The van der Waals surface area contributed by atoms with Crippen LogP contribution in [0, 0.1) is 10.1 Å². The second-order valence-electron chi connectivity index (χ2n) is 0.821. The van der Waals surface area contributed by atoms with Gasteiger partial charge < -0.3 is 0 Å². The van der Waals surface area contributed by atoms with Crippen LogP contribution < -0.4 is 0 Å². The van der Waals surface area contributed by atoms with Gasteiger partial charge >= 0.3 is 11.1 Å². The average molecular weight is 123 g/mol. The molecule has 0 fully saturated rings. The van der Waals surface area contributed by atoms with Crippen LogP contribution in [0.25, 0.3) is 0 Å². The molecule has 0 saturated heterocycles. The average Bonchev–Trinajstić information content (AvgIpc) is 1.65. The Hall–Kier alpha value is -1.20. The maximum absolute atomic E-state index is 11.0. The maximum atomic E-state index is 11.0. The summed E-state index contributed by atoms with van der Waals surface area (Å²) in [4.78, 5) is 21.9. The molecule has 6 heteroatoms. The highest BCUT2D eigenvalue weighted by Gasteiger charge is 2.03. The standard InChI is InChI=1S/C2H2FNO4/c3-1-2(5)8-4(6)7/h1H2. The van der Waals surface area contributed by atoms with Crippen LogP contribution in [0.3, 0.4) is 0 Å². The second kappa shape index (κ2) is 2.89. The largest absolute Gasteiger partial charge is 0.334 e. The van der Waals surface area contributed by atoms with E-state index in [0.717, 1.165) is 0 Å². The van der Waals surface area contributed by atoms with E-state index in [9.17, 15) is 9.18 Å². The van der Waals surface area contributed by atoms with Crippen molar-refractivity contribution in [3.63, 3.8) is 0 Å². The summed E-state index contributed by atoms with van der Waals surface area (Å²) >= 11 is 0. The van der Waals surface area contributed by atoms with E-state index >= 15 is 0 Å². The molecule has 5 nitrogen and oxygen atoms in total. The number of hydrogen-bond donors (Lipinski definition) is 0. The van der Waals surface area contributed by atoms with Crippen molar-refractivity contribution < 1.29 is 19.1 Å². The van der Waals surface area contributed by atoms with Gasteiger partial charge in [0.25, 0.3) is 0 Å². The van der Waals surface area contributed by atoms with Crippen LogP contribution in [0.2, 0.25) is 0 Å². The highest BCUT2D eigenvalue weighted by atomic mass is 19.1. The molecule has 0 spiro atoms. The number of hydrogen-bond acceptors (Lipinski definition) is 4. The molecule has 0 aromatic rings. The Kier molecular flexibility index (Phi) is 2.46. The summed E-state index contributed by atoms with van der Waals surface area (Å²) in [6.07, 6.45) is 0. The van der Waals surface area contributed by atoms with Crippen molar-refractivity contribution in [2.45, 2.75) is 0 Å². The van der Waals surface area contributed by atoms with Gasteiger partial charge in [-0.05, 0) is 0 Å². The number of carbonyl (C=O) groups is 1. The molecule has 8 heavy (non-hydrogen) atoms. The molecular formula is C2H2FNO4. The van der Waals surface area contributed by atoms with Gasteiger partial charge in [0.15, 0.2) is 6.67 Å². The Morgan fingerprint density at radius 2 is 2.38 bits per heavy atom. The molecule has 0 bridgehead atoms. The van der Waals surface area contributed by atoms with Gasteiger partial charge in [0.1, 0.15) is 0 Å². The van der Waals surface area contributed by atoms with Gasteiger partial charge in [-0.3, -0.25) is 4.79 Å². The summed E-state index contributed by atoms with van der Waals surface area (Å²) in [6, 6.07) is 0. The van der Waals surface area contributed by atoms with Crippen LogP contribution in [0.4, 0.5) is 4.39 Å². The van der Waals surface area contributed by atoms with Crippen LogP contribution in [0.1, 0.15) is 0 Å². The number of nitrogens with zero attached hydrogens (tertiary/aromatic N) is 1. The van der Waals surface area contributed by atoms with Crippen molar-refractivity contribution in [3.8, 4) is 0 Å². The zero-order valence-electron chi connectivity index (χ0n) is 3.67. The van der Waals surface area contributed by atoms with Gasteiger partial charge in [0.2, 0.25) is 0 Å². The third-order valence-electron chi connectivity index (χ3n) is 0.285. The van der Waals surface area contributed by atoms with E-state index in [4.69, 9.17) is 10.1 Å². The molecule has 0 aromatic heterocycles. The Labute approximate surface area is 43.2 Å². The third kappa shape index (κ3) is 3.01.